The van der Waals surface area contributed by atoms with Gasteiger partial charge in [0.15, 0.2) is 0 Å². The molecule has 1 fully saturated rings. The van der Waals surface area contributed by atoms with E-state index in [1.807, 2.05) is 6.20 Å². The second-order valence-corrected chi connectivity index (χ2v) is 5.52. The van der Waals surface area contributed by atoms with Crippen molar-refractivity contribution in [2.24, 2.45) is 5.92 Å². The summed E-state index contributed by atoms with van der Waals surface area (Å²) in [5.41, 5.74) is 0.917. The zero-order valence-electron chi connectivity index (χ0n) is 12.1. The van der Waals surface area contributed by atoms with E-state index in [1.54, 1.807) is 6.20 Å². The first-order valence-electron chi connectivity index (χ1n) is 7.44. The number of rotatable bonds is 6. The molecule has 1 heterocycles. The van der Waals surface area contributed by atoms with Crippen LogP contribution in [0.3, 0.4) is 0 Å². The monoisotopic (exact) mass is 263 g/mol. The van der Waals surface area contributed by atoms with Gasteiger partial charge in [-0.3, -0.25) is 4.98 Å². The fraction of sp³-hybridized carbons (Fsp3) is 0.733. The molecule has 0 saturated heterocycles. The van der Waals surface area contributed by atoms with Gasteiger partial charge in [-0.2, -0.15) is 0 Å². The maximum absolute atomic E-state index is 5.94. The van der Waals surface area contributed by atoms with Crippen LogP contribution in [0, 0.1) is 5.92 Å². The molecule has 1 aliphatic rings. The Bertz CT molecular complexity index is 366. The van der Waals surface area contributed by atoms with Crippen molar-refractivity contribution < 1.29 is 4.74 Å². The summed E-state index contributed by atoms with van der Waals surface area (Å²) in [6.07, 6.45) is 10.1. The summed E-state index contributed by atoms with van der Waals surface area (Å²) < 4.78 is 5.94. The van der Waals surface area contributed by atoms with E-state index >= 15 is 0 Å². The van der Waals surface area contributed by atoms with Crippen molar-refractivity contribution in [1.29, 1.82) is 0 Å². The average Bonchev–Trinajstić information content (AvgIpc) is 2.44. The van der Waals surface area contributed by atoms with Crippen LogP contribution < -0.4 is 5.32 Å². The highest BCUT2D eigenvalue weighted by Crippen LogP contribution is 2.26. The Kier molecular flexibility index (Phi) is 5.58. The van der Waals surface area contributed by atoms with Crippen molar-refractivity contribution >= 4 is 5.82 Å². The molecule has 4 nitrogen and oxygen atoms in total. The van der Waals surface area contributed by atoms with E-state index in [0.717, 1.165) is 30.4 Å². The van der Waals surface area contributed by atoms with Gasteiger partial charge in [0.25, 0.3) is 0 Å². The summed E-state index contributed by atoms with van der Waals surface area (Å²) in [6, 6.07) is 0. The van der Waals surface area contributed by atoms with Crippen molar-refractivity contribution in [2.45, 2.75) is 58.7 Å². The van der Waals surface area contributed by atoms with Gasteiger partial charge in [0.05, 0.1) is 30.8 Å². The summed E-state index contributed by atoms with van der Waals surface area (Å²) in [4.78, 5) is 8.73. The standard InChI is InChI=1S/C15H25N3O/c1-3-7-16-15-10-17-13(9-18-15)11-19-14-6-4-5-12(2)8-14/h9-10,12,14H,3-8,11H2,1-2H3,(H,16,18). The Morgan fingerprint density at radius 3 is 2.89 bits per heavy atom. The van der Waals surface area contributed by atoms with Gasteiger partial charge in [0, 0.05) is 6.54 Å². The largest absolute Gasteiger partial charge is 0.372 e. The Balaban J connectivity index is 1.76. The minimum atomic E-state index is 0.406. The predicted octanol–water partition coefficient (Wildman–Crippen LogP) is 3.39. The number of nitrogens with one attached hydrogen (secondary N) is 1. The maximum atomic E-state index is 5.94. The average molecular weight is 263 g/mol. The summed E-state index contributed by atoms with van der Waals surface area (Å²) in [6.45, 7) is 5.96. The first-order chi connectivity index (χ1) is 9.28. The number of ether oxygens (including phenoxy) is 1. The zero-order chi connectivity index (χ0) is 13.5. The van der Waals surface area contributed by atoms with Gasteiger partial charge in [-0.1, -0.05) is 26.7 Å². The van der Waals surface area contributed by atoms with Gasteiger partial charge >= 0.3 is 0 Å². The summed E-state index contributed by atoms with van der Waals surface area (Å²) in [7, 11) is 0. The SMILES string of the molecule is CCCNc1cnc(COC2CCCC(C)C2)cn1. The van der Waals surface area contributed by atoms with Gasteiger partial charge in [-0.05, 0) is 25.2 Å². The van der Waals surface area contributed by atoms with E-state index in [4.69, 9.17) is 4.74 Å². The molecular weight excluding hydrogens is 238 g/mol. The predicted molar refractivity (Wildman–Crippen MR) is 77.0 cm³/mol. The van der Waals surface area contributed by atoms with Crippen LogP contribution >= 0.6 is 0 Å². The van der Waals surface area contributed by atoms with Crippen LogP contribution in [-0.2, 0) is 11.3 Å². The molecule has 0 radical (unpaired) electrons. The van der Waals surface area contributed by atoms with E-state index in [0.29, 0.717) is 12.7 Å². The lowest BCUT2D eigenvalue weighted by atomic mass is 9.89. The minimum absolute atomic E-state index is 0.406. The molecule has 0 aromatic carbocycles. The molecule has 0 bridgehead atoms. The molecule has 19 heavy (non-hydrogen) atoms. The van der Waals surface area contributed by atoms with Crippen LogP contribution in [0.25, 0.3) is 0 Å². The molecular formula is C15H25N3O. The quantitative estimate of drug-likeness (QED) is 0.854. The summed E-state index contributed by atoms with van der Waals surface area (Å²) >= 11 is 0. The summed E-state index contributed by atoms with van der Waals surface area (Å²) in [5.74, 6) is 1.64. The van der Waals surface area contributed by atoms with Gasteiger partial charge in [0.1, 0.15) is 5.82 Å². The molecule has 0 aliphatic heterocycles. The van der Waals surface area contributed by atoms with Crippen molar-refractivity contribution in [3.8, 4) is 0 Å². The molecule has 1 aromatic heterocycles. The Labute approximate surface area is 116 Å². The van der Waals surface area contributed by atoms with E-state index < -0.39 is 0 Å². The van der Waals surface area contributed by atoms with Crippen LogP contribution in [-0.4, -0.2) is 22.6 Å². The molecule has 1 aliphatic carbocycles. The van der Waals surface area contributed by atoms with Crippen molar-refractivity contribution in [1.82, 2.24) is 9.97 Å². The normalized spacial score (nSPS) is 23.3. The van der Waals surface area contributed by atoms with Crippen LogP contribution in [0.15, 0.2) is 12.4 Å². The Hall–Kier alpha value is -1.16. The van der Waals surface area contributed by atoms with Crippen LogP contribution in [0.4, 0.5) is 5.82 Å². The number of aromatic nitrogens is 2. The molecule has 2 unspecified atom stereocenters. The van der Waals surface area contributed by atoms with E-state index in [9.17, 15) is 0 Å². The fourth-order valence-electron chi connectivity index (χ4n) is 2.51. The molecule has 2 atom stereocenters. The first-order valence-corrected chi connectivity index (χ1v) is 7.44. The molecule has 0 spiro atoms. The topological polar surface area (TPSA) is 47.0 Å². The highest BCUT2D eigenvalue weighted by atomic mass is 16.5. The molecule has 1 N–H and O–H groups in total. The second kappa shape index (κ2) is 7.43. The molecule has 1 saturated carbocycles. The van der Waals surface area contributed by atoms with E-state index in [-0.39, 0.29) is 0 Å². The third-order valence-corrected chi connectivity index (χ3v) is 3.62. The first kappa shape index (κ1) is 14.3. The Morgan fingerprint density at radius 1 is 1.32 bits per heavy atom. The lowest BCUT2D eigenvalue weighted by molar-refractivity contribution is 0.00310. The second-order valence-electron chi connectivity index (χ2n) is 5.52. The molecule has 2 rings (SSSR count). The third-order valence-electron chi connectivity index (χ3n) is 3.62. The third kappa shape index (κ3) is 4.78. The van der Waals surface area contributed by atoms with E-state index in [2.05, 4.69) is 29.1 Å². The van der Waals surface area contributed by atoms with Gasteiger partial charge < -0.3 is 10.1 Å². The van der Waals surface area contributed by atoms with Crippen molar-refractivity contribution in [3.05, 3.63) is 18.1 Å². The summed E-state index contributed by atoms with van der Waals surface area (Å²) in [5, 5.41) is 3.22. The minimum Gasteiger partial charge on any atom is -0.372 e. The van der Waals surface area contributed by atoms with Gasteiger partial charge in [-0.15, -0.1) is 0 Å². The van der Waals surface area contributed by atoms with Crippen molar-refractivity contribution in [3.63, 3.8) is 0 Å². The Morgan fingerprint density at radius 2 is 2.21 bits per heavy atom. The molecule has 1 aromatic rings. The van der Waals surface area contributed by atoms with Gasteiger partial charge in [-0.25, -0.2) is 4.98 Å². The molecule has 0 amide bonds. The zero-order valence-corrected chi connectivity index (χ0v) is 12.1. The van der Waals surface area contributed by atoms with E-state index in [1.165, 1.54) is 25.7 Å². The highest BCUT2D eigenvalue weighted by molar-refractivity contribution is 5.30. The van der Waals surface area contributed by atoms with Gasteiger partial charge in [0.2, 0.25) is 0 Å². The highest BCUT2D eigenvalue weighted by Gasteiger charge is 2.19. The maximum Gasteiger partial charge on any atom is 0.144 e. The van der Waals surface area contributed by atoms with Crippen LogP contribution in [0.5, 0.6) is 0 Å². The van der Waals surface area contributed by atoms with Crippen molar-refractivity contribution in [2.75, 3.05) is 11.9 Å². The number of hydrogen-bond acceptors (Lipinski definition) is 4. The fourth-order valence-corrected chi connectivity index (χ4v) is 2.51. The lowest BCUT2D eigenvalue weighted by Crippen LogP contribution is -2.21. The lowest BCUT2D eigenvalue weighted by Gasteiger charge is -2.26. The molecule has 4 heteroatoms. The molecule has 106 valence electrons. The number of hydrogen-bond donors (Lipinski definition) is 1. The van der Waals surface area contributed by atoms with Crippen LogP contribution in [0.2, 0.25) is 0 Å². The number of nitrogens with zero attached hydrogens (tertiary/aromatic N) is 2. The van der Waals surface area contributed by atoms with Crippen LogP contribution in [0.1, 0.15) is 51.6 Å². The number of anilines is 1. The smallest absolute Gasteiger partial charge is 0.144 e.